The molecule has 1 aliphatic rings. The Morgan fingerprint density at radius 2 is 1.85 bits per heavy atom. The number of rotatable bonds is 7. The topological polar surface area (TPSA) is 85.9 Å². The maximum atomic E-state index is 4.96. The van der Waals surface area contributed by atoms with Crippen LogP contribution in [0.1, 0.15) is 19.5 Å². The summed E-state index contributed by atoms with van der Waals surface area (Å²) >= 11 is 0. The van der Waals surface area contributed by atoms with Gasteiger partial charge in [-0.3, -0.25) is 20.0 Å². The molecule has 0 saturated carbocycles. The first-order valence-corrected chi connectivity index (χ1v) is 12.0. The number of nitrogens with one attached hydrogen (secondary N) is 2. The highest BCUT2D eigenvalue weighted by atomic mass is 15.3. The molecule has 0 bridgehead atoms. The fraction of sp³-hybridized carbons (Fsp3) is 0.385. The zero-order chi connectivity index (χ0) is 23.5. The van der Waals surface area contributed by atoms with Crippen molar-refractivity contribution in [2.45, 2.75) is 26.8 Å². The van der Waals surface area contributed by atoms with Crippen LogP contribution in [-0.2, 0) is 0 Å². The Morgan fingerprint density at radius 1 is 1.00 bits per heavy atom. The lowest BCUT2D eigenvalue weighted by Gasteiger charge is -2.36. The van der Waals surface area contributed by atoms with E-state index in [0.29, 0.717) is 6.04 Å². The minimum atomic E-state index is 0.536. The van der Waals surface area contributed by atoms with E-state index < -0.39 is 0 Å². The van der Waals surface area contributed by atoms with E-state index in [9.17, 15) is 0 Å². The molecule has 1 aliphatic heterocycles. The van der Waals surface area contributed by atoms with Crippen molar-refractivity contribution in [2.24, 2.45) is 0 Å². The molecule has 5 heterocycles. The predicted octanol–water partition coefficient (Wildman–Crippen LogP) is 3.51. The Morgan fingerprint density at radius 3 is 2.65 bits per heavy atom. The molecule has 5 rings (SSSR count). The summed E-state index contributed by atoms with van der Waals surface area (Å²) in [6.45, 7) is 12.6. The molecule has 0 aliphatic carbocycles. The minimum Gasteiger partial charge on any atom is -0.368 e. The van der Waals surface area contributed by atoms with E-state index in [1.807, 2.05) is 49.6 Å². The fourth-order valence-corrected chi connectivity index (χ4v) is 4.42. The summed E-state index contributed by atoms with van der Waals surface area (Å²) in [5.41, 5.74) is 7.32. The van der Waals surface area contributed by atoms with Gasteiger partial charge >= 0.3 is 0 Å². The average Bonchev–Trinajstić information content (AvgIpc) is 3.34. The quantitative estimate of drug-likeness (QED) is 0.440. The van der Waals surface area contributed by atoms with Crippen LogP contribution in [0.5, 0.6) is 0 Å². The van der Waals surface area contributed by atoms with E-state index in [1.54, 1.807) is 0 Å². The van der Waals surface area contributed by atoms with Crippen LogP contribution < -0.4 is 10.2 Å². The van der Waals surface area contributed by atoms with E-state index in [-0.39, 0.29) is 0 Å². The summed E-state index contributed by atoms with van der Waals surface area (Å²) in [5, 5.41) is 10.9. The molecular weight excluding hydrogens is 424 g/mol. The van der Waals surface area contributed by atoms with Gasteiger partial charge in [0.05, 0.1) is 34.3 Å². The standard InChI is InChI=1S/C26H32N8/c1-18(2)27-9-10-33-11-13-34(14-12-33)20-15-25-23(28-16-20)8-7-22(31-25)21-17-29-32-26(21)24-6-4-5-19(3)30-24/h4-8,15-18,27H,9-14H2,1-3H3,(H,29,32). The zero-order valence-corrected chi connectivity index (χ0v) is 20.1. The summed E-state index contributed by atoms with van der Waals surface area (Å²) in [7, 11) is 0. The number of H-pyrrole nitrogens is 1. The number of piperazine rings is 1. The van der Waals surface area contributed by atoms with Gasteiger partial charge in [0.1, 0.15) is 5.69 Å². The van der Waals surface area contributed by atoms with Crippen molar-refractivity contribution in [1.82, 2.24) is 35.4 Å². The van der Waals surface area contributed by atoms with Crippen LogP contribution in [0.15, 0.2) is 48.8 Å². The highest BCUT2D eigenvalue weighted by Gasteiger charge is 2.18. The molecule has 1 fully saturated rings. The van der Waals surface area contributed by atoms with E-state index in [0.717, 1.165) is 84.3 Å². The molecule has 0 radical (unpaired) electrons. The normalized spacial score (nSPS) is 14.9. The van der Waals surface area contributed by atoms with Gasteiger partial charge in [0.25, 0.3) is 0 Å². The molecule has 34 heavy (non-hydrogen) atoms. The Bertz CT molecular complexity index is 1260. The lowest BCUT2D eigenvalue weighted by molar-refractivity contribution is 0.255. The lowest BCUT2D eigenvalue weighted by Crippen LogP contribution is -2.48. The van der Waals surface area contributed by atoms with Crippen molar-refractivity contribution in [3.05, 3.63) is 54.5 Å². The summed E-state index contributed by atoms with van der Waals surface area (Å²) < 4.78 is 0. The van der Waals surface area contributed by atoms with Crippen molar-refractivity contribution >= 4 is 16.7 Å². The smallest absolute Gasteiger partial charge is 0.120 e. The van der Waals surface area contributed by atoms with Crippen LogP contribution in [0.3, 0.4) is 0 Å². The van der Waals surface area contributed by atoms with Gasteiger partial charge in [-0.05, 0) is 37.3 Å². The van der Waals surface area contributed by atoms with Crippen molar-refractivity contribution in [3.63, 3.8) is 0 Å². The number of aromatic nitrogens is 5. The molecule has 176 valence electrons. The van der Waals surface area contributed by atoms with Gasteiger partial charge in [0.2, 0.25) is 0 Å². The molecule has 0 atom stereocenters. The van der Waals surface area contributed by atoms with Crippen molar-refractivity contribution < 1.29 is 0 Å². The number of anilines is 1. The lowest BCUT2D eigenvalue weighted by atomic mass is 10.1. The summed E-state index contributed by atoms with van der Waals surface area (Å²) in [6, 6.07) is 12.7. The monoisotopic (exact) mass is 456 g/mol. The molecule has 4 aromatic heterocycles. The Kier molecular flexibility index (Phi) is 6.51. The third-order valence-electron chi connectivity index (χ3n) is 6.29. The van der Waals surface area contributed by atoms with Gasteiger partial charge in [-0.15, -0.1) is 0 Å². The van der Waals surface area contributed by atoms with E-state index in [4.69, 9.17) is 9.97 Å². The fourth-order valence-electron chi connectivity index (χ4n) is 4.42. The average molecular weight is 457 g/mol. The van der Waals surface area contributed by atoms with Gasteiger partial charge < -0.3 is 10.2 Å². The van der Waals surface area contributed by atoms with Crippen molar-refractivity contribution in [3.8, 4) is 22.6 Å². The highest BCUT2D eigenvalue weighted by Crippen LogP contribution is 2.29. The largest absolute Gasteiger partial charge is 0.368 e. The SMILES string of the molecule is Cc1cccc(-c2n[nH]cc2-c2ccc3ncc(N4CCN(CCNC(C)C)CC4)cc3n2)n1. The van der Waals surface area contributed by atoms with E-state index in [2.05, 4.69) is 50.2 Å². The Labute approximate surface area is 200 Å². The Hall–Kier alpha value is -3.36. The van der Waals surface area contributed by atoms with Crippen LogP contribution in [0, 0.1) is 6.92 Å². The second-order valence-electron chi connectivity index (χ2n) is 9.18. The van der Waals surface area contributed by atoms with E-state index in [1.165, 1.54) is 0 Å². The second kappa shape index (κ2) is 9.87. The summed E-state index contributed by atoms with van der Waals surface area (Å²) in [4.78, 5) is 19.2. The number of aryl methyl sites for hydroxylation is 1. The zero-order valence-electron chi connectivity index (χ0n) is 20.1. The summed E-state index contributed by atoms with van der Waals surface area (Å²) in [5.74, 6) is 0. The third kappa shape index (κ3) is 4.93. The summed E-state index contributed by atoms with van der Waals surface area (Å²) in [6.07, 6.45) is 3.86. The molecule has 0 unspecified atom stereocenters. The van der Waals surface area contributed by atoms with Crippen LogP contribution >= 0.6 is 0 Å². The number of fused-ring (bicyclic) bond motifs is 1. The number of hydrogen-bond donors (Lipinski definition) is 2. The van der Waals surface area contributed by atoms with Gasteiger partial charge in [-0.25, -0.2) is 4.98 Å². The Balaban J connectivity index is 1.34. The molecule has 8 nitrogen and oxygen atoms in total. The number of aromatic amines is 1. The second-order valence-corrected chi connectivity index (χ2v) is 9.18. The molecule has 0 aromatic carbocycles. The molecule has 2 N–H and O–H groups in total. The molecule has 1 saturated heterocycles. The van der Waals surface area contributed by atoms with Crippen molar-refractivity contribution in [1.29, 1.82) is 0 Å². The molecule has 8 heteroatoms. The number of nitrogens with zero attached hydrogens (tertiary/aromatic N) is 6. The van der Waals surface area contributed by atoms with Gasteiger partial charge in [0, 0.05) is 62.8 Å². The molecular formula is C26H32N8. The number of hydrogen-bond acceptors (Lipinski definition) is 7. The predicted molar refractivity (Wildman–Crippen MR) is 137 cm³/mol. The highest BCUT2D eigenvalue weighted by molar-refractivity contribution is 5.84. The van der Waals surface area contributed by atoms with Gasteiger partial charge in [-0.2, -0.15) is 5.10 Å². The van der Waals surface area contributed by atoms with Crippen LogP contribution in [-0.4, -0.2) is 75.4 Å². The van der Waals surface area contributed by atoms with Crippen LogP contribution in [0.2, 0.25) is 0 Å². The third-order valence-corrected chi connectivity index (χ3v) is 6.29. The van der Waals surface area contributed by atoms with Crippen LogP contribution in [0.4, 0.5) is 5.69 Å². The van der Waals surface area contributed by atoms with Gasteiger partial charge in [0.15, 0.2) is 0 Å². The molecule has 0 amide bonds. The first kappa shape index (κ1) is 22.4. The first-order valence-electron chi connectivity index (χ1n) is 12.0. The van der Waals surface area contributed by atoms with Gasteiger partial charge in [-0.1, -0.05) is 19.9 Å². The maximum absolute atomic E-state index is 4.96. The first-order chi connectivity index (χ1) is 16.6. The minimum absolute atomic E-state index is 0.536. The number of pyridine rings is 3. The van der Waals surface area contributed by atoms with E-state index >= 15 is 0 Å². The van der Waals surface area contributed by atoms with Crippen LogP contribution in [0.25, 0.3) is 33.7 Å². The molecule has 0 spiro atoms. The maximum Gasteiger partial charge on any atom is 0.120 e. The molecule has 4 aromatic rings. The van der Waals surface area contributed by atoms with Crippen molar-refractivity contribution in [2.75, 3.05) is 44.2 Å².